The summed E-state index contributed by atoms with van der Waals surface area (Å²) in [7, 11) is 1.26. The van der Waals surface area contributed by atoms with E-state index in [1.807, 2.05) is 6.07 Å². The number of benzene rings is 2. The number of hydrogen-bond acceptors (Lipinski definition) is 9. The van der Waals surface area contributed by atoms with Crippen LogP contribution in [-0.2, 0) is 14.3 Å². The molecule has 0 spiro atoms. The second kappa shape index (κ2) is 13.8. The summed E-state index contributed by atoms with van der Waals surface area (Å²) in [6.45, 7) is 0. The number of nitrogens with one attached hydrogen (secondary N) is 3. The van der Waals surface area contributed by atoms with Gasteiger partial charge in [0.25, 0.3) is 0 Å². The van der Waals surface area contributed by atoms with E-state index in [9.17, 15) is 19.5 Å². The minimum absolute atomic E-state index is 0.346. The van der Waals surface area contributed by atoms with E-state index in [-0.39, 0.29) is 5.91 Å². The number of ether oxygens (including phenoxy) is 1. The van der Waals surface area contributed by atoms with Crippen LogP contribution in [0.1, 0.15) is 43.0 Å². The summed E-state index contributed by atoms with van der Waals surface area (Å²) in [5, 5.41) is 30.5. The second-order valence-corrected chi connectivity index (χ2v) is 10.5. The van der Waals surface area contributed by atoms with Crippen molar-refractivity contribution in [2.24, 2.45) is 0 Å². The van der Waals surface area contributed by atoms with E-state index in [0.717, 1.165) is 5.56 Å². The van der Waals surface area contributed by atoms with Gasteiger partial charge in [-0.25, -0.2) is 9.59 Å². The van der Waals surface area contributed by atoms with Gasteiger partial charge in [0.1, 0.15) is 12.4 Å². The van der Waals surface area contributed by atoms with Crippen molar-refractivity contribution in [3.05, 3.63) is 83.4 Å². The van der Waals surface area contributed by atoms with Gasteiger partial charge in [0.15, 0.2) is 0 Å². The first kappa shape index (κ1) is 30.2. The zero-order valence-electron chi connectivity index (χ0n) is 23.6. The quantitative estimate of drug-likeness (QED) is 0.219. The number of hydrogen-bond donors (Lipinski definition) is 4. The smallest absolute Gasteiger partial charge is 0.411 e. The van der Waals surface area contributed by atoms with Crippen LogP contribution >= 0.6 is 11.6 Å². The Balaban J connectivity index is 1.44. The summed E-state index contributed by atoms with van der Waals surface area (Å²) in [4.78, 5) is 41.7. The first-order valence-electron chi connectivity index (χ1n) is 13.8. The van der Waals surface area contributed by atoms with E-state index in [1.54, 1.807) is 54.7 Å². The minimum atomic E-state index is -0.994. The van der Waals surface area contributed by atoms with Crippen molar-refractivity contribution in [2.45, 2.75) is 37.8 Å². The third-order valence-corrected chi connectivity index (χ3v) is 7.32. The van der Waals surface area contributed by atoms with Crippen LogP contribution in [0.5, 0.6) is 0 Å². The van der Waals surface area contributed by atoms with Crippen LogP contribution in [0.25, 0.3) is 22.9 Å². The largest absolute Gasteiger partial charge is 0.480 e. The van der Waals surface area contributed by atoms with Gasteiger partial charge in [0.2, 0.25) is 5.91 Å². The fraction of sp³-hybridized carbons (Fsp3) is 0.233. The van der Waals surface area contributed by atoms with Crippen molar-refractivity contribution in [2.75, 3.05) is 17.7 Å². The van der Waals surface area contributed by atoms with Crippen molar-refractivity contribution in [3.8, 4) is 16.8 Å². The first-order chi connectivity index (χ1) is 21.3. The molecule has 2 amide bonds. The second-order valence-electron chi connectivity index (χ2n) is 10.0. The molecule has 5 rings (SSSR count). The standard InChI is InChI=1S/C30H29ClN8O5/c1-44-30(43)34-21-8-9-22-18-12-13-32-26(15-18)23(4-2-3-5-24(29(41)42)35-25(22)16-21)36-28(40)11-6-19-14-20(31)7-10-27(19)39-17-33-37-38-39/h6-17,23-24,35H,2-5H2,1H3,(H,34,43)(H,36,40)(H,41,42)/b11-6+/t23-,24-/m0/s1. The van der Waals surface area contributed by atoms with Crippen molar-refractivity contribution in [1.82, 2.24) is 30.5 Å². The van der Waals surface area contributed by atoms with Crippen LogP contribution in [0.2, 0.25) is 5.02 Å². The van der Waals surface area contributed by atoms with Crippen LogP contribution in [0.4, 0.5) is 16.2 Å². The Kier molecular flexibility index (Phi) is 9.45. The van der Waals surface area contributed by atoms with Crippen LogP contribution in [0.15, 0.2) is 67.1 Å². The number of carbonyl (C=O) groups is 3. The number of anilines is 2. The monoisotopic (exact) mass is 616 g/mol. The lowest BCUT2D eigenvalue weighted by molar-refractivity contribution is -0.138. The number of aromatic nitrogens is 5. The fourth-order valence-electron chi connectivity index (χ4n) is 4.93. The molecule has 44 heavy (non-hydrogen) atoms. The average Bonchev–Trinajstić information content (AvgIpc) is 3.55. The van der Waals surface area contributed by atoms with Crippen molar-refractivity contribution in [3.63, 3.8) is 0 Å². The van der Waals surface area contributed by atoms with Crippen molar-refractivity contribution < 1.29 is 24.2 Å². The molecule has 1 aliphatic rings. The van der Waals surface area contributed by atoms with Crippen LogP contribution in [0, 0.1) is 0 Å². The van der Waals surface area contributed by atoms with Gasteiger partial charge in [-0.3, -0.25) is 15.1 Å². The van der Waals surface area contributed by atoms with Gasteiger partial charge in [0, 0.05) is 39.8 Å². The van der Waals surface area contributed by atoms with Gasteiger partial charge in [-0.15, -0.1) is 5.10 Å². The Bertz CT molecular complexity index is 1690. The Hall–Kier alpha value is -5.30. The number of methoxy groups -OCH3 is 1. The number of aliphatic carboxylic acids is 1. The molecule has 13 nitrogen and oxygen atoms in total. The molecular weight excluding hydrogens is 588 g/mol. The predicted molar refractivity (Wildman–Crippen MR) is 163 cm³/mol. The molecular formula is C30H29ClN8O5. The van der Waals surface area contributed by atoms with E-state index >= 15 is 0 Å². The number of carboxylic acid groups (broad SMARTS) is 1. The van der Waals surface area contributed by atoms with Gasteiger partial charge in [0.05, 0.1) is 24.5 Å². The van der Waals surface area contributed by atoms with Crippen LogP contribution in [-0.4, -0.2) is 61.4 Å². The topological polar surface area (TPSA) is 173 Å². The molecule has 2 bridgehead atoms. The molecule has 2 aromatic carbocycles. The molecule has 0 aliphatic carbocycles. The van der Waals surface area contributed by atoms with Crippen LogP contribution < -0.4 is 16.0 Å². The van der Waals surface area contributed by atoms with Crippen LogP contribution in [0.3, 0.4) is 0 Å². The lowest BCUT2D eigenvalue weighted by Gasteiger charge is -2.23. The zero-order chi connectivity index (χ0) is 31.1. The van der Waals surface area contributed by atoms with Gasteiger partial charge in [-0.1, -0.05) is 30.5 Å². The van der Waals surface area contributed by atoms with E-state index < -0.39 is 24.1 Å². The molecule has 2 aromatic heterocycles. The molecule has 1 aliphatic heterocycles. The Labute approximate surface area is 257 Å². The molecule has 0 saturated heterocycles. The number of rotatable bonds is 6. The third kappa shape index (κ3) is 7.36. The molecule has 2 atom stereocenters. The Morgan fingerprint density at radius 2 is 1.95 bits per heavy atom. The molecule has 226 valence electrons. The number of halogens is 1. The number of carbonyl (C=O) groups excluding carboxylic acids is 2. The fourth-order valence-corrected chi connectivity index (χ4v) is 5.11. The van der Waals surface area contributed by atoms with E-state index in [4.69, 9.17) is 16.3 Å². The summed E-state index contributed by atoms with van der Waals surface area (Å²) >= 11 is 6.21. The number of pyridine rings is 1. The normalized spacial score (nSPS) is 16.5. The summed E-state index contributed by atoms with van der Waals surface area (Å²) in [6.07, 6.45) is 7.61. The van der Waals surface area contributed by atoms with Gasteiger partial charge < -0.3 is 20.5 Å². The zero-order valence-corrected chi connectivity index (χ0v) is 24.4. The molecule has 4 N–H and O–H groups in total. The highest BCUT2D eigenvalue weighted by molar-refractivity contribution is 6.30. The number of carboxylic acids is 1. The summed E-state index contributed by atoms with van der Waals surface area (Å²) in [5.41, 5.74) is 4.36. The summed E-state index contributed by atoms with van der Waals surface area (Å²) in [6, 6.07) is 12.7. The van der Waals surface area contributed by atoms with Crippen molar-refractivity contribution >= 4 is 47.0 Å². The lowest BCUT2D eigenvalue weighted by Crippen LogP contribution is -2.30. The van der Waals surface area contributed by atoms with Crippen molar-refractivity contribution in [1.29, 1.82) is 0 Å². The lowest BCUT2D eigenvalue weighted by atomic mass is 9.96. The highest BCUT2D eigenvalue weighted by Crippen LogP contribution is 2.34. The molecule has 0 saturated carbocycles. The maximum atomic E-state index is 13.2. The third-order valence-electron chi connectivity index (χ3n) is 7.08. The molecule has 0 radical (unpaired) electrons. The van der Waals surface area contributed by atoms with E-state index in [2.05, 4.69) is 36.5 Å². The highest BCUT2D eigenvalue weighted by atomic mass is 35.5. The maximum Gasteiger partial charge on any atom is 0.411 e. The predicted octanol–water partition coefficient (Wildman–Crippen LogP) is 4.87. The van der Waals surface area contributed by atoms with E-state index in [0.29, 0.717) is 64.6 Å². The van der Waals surface area contributed by atoms with E-state index in [1.165, 1.54) is 24.2 Å². The maximum absolute atomic E-state index is 13.2. The number of amides is 2. The average molecular weight is 617 g/mol. The Morgan fingerprint density at radius 3 is 2.73 bits per heavy atom. The summed E-state index contributed by atoms with van der Waals surface area (Å²) < 4.78 is 6.17. The van der Waals surface area contributed by atoms with Gasteiger partial charge >= 0.3 is 12.1 Å². The number of fused-ring (bicyclic) bond motifs is 4. The van der Waals surface area contributed by atoms with Gasteiger partial charge in [-0.2, -0.15) is 4.68 Å². The van der Waals surface area contributed by atoms with Gasteiger partial charge in [-0.05, 0) is 77.4 Å². The summed E-state index contributed by atoms with van der Waals surface area (Å²) in [5.74, 6) is -1.34. The molecule has 4 aromatic rings. The minimum Gasteiger partial charge on any atom is -0.480 e. The first-order valence-corrected chi connectivity index (χ1v) is 14.1. The Morgan fingerprint density at radius 1 is 1.11 bits per heavy atom. The molecule has 0 unspecified atom stereocenters. The molecule has 14 heteroatoms. The SMILES string of the molecule is COC(=O)Nc1ccc2c(c1)N[C@H](C(=O)O)CCCC[C@H](NC(=O)/C=C/c1cc(Cl)ccc1-n1cnnn1)c1cc-2ccn1. The number of tetrazole rings is 1. The highest BCUT2D eigenvalue weighted by Gasteiger charge is 2.23. The number of nitrogens with zero attached hydrogens (tertiary/aromatic N) is 5. The molecule has 0 fully saturated rings. The molecule has 3 heterocycles.